The molecule has 160 valence electrons. The highest BCUT2D eigenvalue weighted by Gasteiger charge is 2.20. The lowest BCUT2D eigenvalue weighted by molar-refractivity contribution is -0.350. The van der Waals surface area contributed by atoms with Crippen LogP contribution in [0.3, 0.4) is 0 Å². The summed E-state index contributed by atoms with van der Waals surface area (Å²) in [4.78, 5) is 53.1. The molecule has 0 saturated heterocycles. The summed E-state index contributed by atoms with van der Waals surface area (Å²) in [7, 11) is 0. The smallest absolute Gasteiger partial charge is 0.401 e. The third kappa shape index (κ3) is 12.1. The largest absolute Gasteiger partial charge is 0.513 e. The van der Waals surface area contributed by atoms with Gasteiger partial charge in [0, 0.05) is 25.0 Å². The minimum absolute atomic E-state index is 0.251. The minimum Gasteiger partial charge on any atom is -0.401 e. The summed E-state index contributed by atoms with van der Waals surface area (Å²) in [5.74, 6) is -1.49. The van der Waals surface area contributed by atoms with Crippen molar-refractivity contribution in [3.8, 4) is 0 Å². The summed E-state index contributed by atoms with van der Waals surface area (Å²) in [6, 6.07) is 0. The summed E-state index contributed by atoms with van der Waals surface area (Å²) in [6.07, 6.45) is 0.700. The molecular weight excluding hydrogens is 372 g/mol. The van der Waals surface area contributed by atoms with Crippen molar-refractivity contribution in [3.05, 3.63) is 24.3 Å². The van der Waals surface area contributed by atoms with Crippen LogP contribution in [0.15, 0.2) is 24.3 Å². The van der Waals surface area contributed by atoms with Gasteiger partial charge >= 0.3 is 18.1 Å². The second-order valence-electron chi connectivity index (χ2n) is 5.97. The number of carbonyl (C=O) groups is 3. The summed E-state index contributed by atoms with van der Waals surface area (Å²) >= 11 is 0. The van der Waals surface area contributed by atoms with E-state index in [0.717, 1.165) is 25.7 Å². The van der Waals surface area contributed by atoms with Crippen molar-refractivity contribution in [2.24, 2.45) is 0 Å². The Hall–Kier alpha value is -2.39. The van der Waals surface area contributed by atoms with Gasteiger partial charge in [-0.1, -0.05) is 39.8 Å². The monoisotopic (exact) mass is 402 g/mol. The van der Waals surface area contributed by atoms with Crippen LogP contribution in [0.4, 0.5) is 4.79 Å². The zero-order valence-corrected chi connectivity index (χ0v) is 17.0. The van der Waals surface area contributed by atoms with Gasteiger partial charge in [-0.3, -0.25) is 9.78 Å². The Kier molecular flexibility index (Phi) is 13.4. The fraction of sp³-hybridized carbons (Fsp3) is 0.632. The van der Waals surface area contributed by atoms with Crippen molar-refractivity contribution in [2.75, 3.05) is 0 Å². The molecule has 9 heteroatoms. The molecule has 0 N–H and O–H groups in total. The van der Waals surface area contributed by atoms with Crippen LogP contribution in [-0.4, -0.2) is 30.7 Å². The molecule has 0 spiro atoms. The van der Waals surface area contributed by atoms with Crippen LogP contribution in [0.5, 0.6) is 0 Å². The molecule has 0 heterocycles. The van der Waals surface area contributed by atoms with Crippen LogP contribution in [0.1, 0.15) is 66.2 Å². The third-order valence-corrected chi connectivity index (χ3v) is 3.28. The number of hydrogen-bond donors (Lipinski definition) is 0. The predicted octanol–water partition coefficient (Wildman–Crippen LogP) is 4.27. The van der Waals surface area contributed by atoms with Crippen LogP contribution in [0, 0.1) is 0 Å². The highest BCUT2D eigenvalue weighted by molar-refractivity contribution is 5.87. The second kappa shape index (κ2) is 14.6. The molecule has 2 unspecified atom stereocenters. The molecule has 0 aliphatic carbocycles. The van der Waals surface area contributed by atoms with E-state index in [1.54, 1.807) is 0 Å². The van der Waals surface area contributed by atoms with Gasteiger partial charge < -0.3 is 9.47 Å². The molecule has 0 aliphatic rings. The van der Waals surface area contributed by atoms with Crippen molar-refractivity contribution < 1.29 is 43.4 Å². The summed E-state index contributed by atoms with van der Waals surface area (Å²) < 4.78 is 9.42. The van der Waals surface area contributed by atoms with E-state index < -0.39 is 30.7 Å². The summed E-state index contributed by atoms with van der Waals surface area (Å²) in [6.45, 7) is 13.7. The van der Waals surface area contributed by atoms with Gasteiger partial charge in [-0.2, -0.15) is 0 Å². The molecule has 2 atom stereocenters. The van der Waals surface area contributed by atoms with Gasteiger partial charge in [-0.15, -0.1) is 9.78 Å². The lowest BCUT2D eigenvalue weighted by atomic mass is 10.1. The molecule has 0 aromatic rings. The minimum atomic E-state index is -1.24. The van der Waals surface area contributed by atoms with Gasteiger partial charge in [0.1, 0.15) is 0 Å². The van der Waals surface area contributed by atoms with Gasteiger partial charge in [-0.05, 0) is 25.7 Å². The Morgan fingerprint density at radius 2 is 1.11 bits per heavy atom. The van der Waals surface area contributed by atoms with Crippen molar-refractivity contribution in [2.45, 2.75) is 78.8 Å². The maximum Gasteiger partial charge on any atom is 0.513 e. The standard InChI is InChI=1S/C19H30O9/c1-7-9-11-13(3)17(20)27-25-15(5)23-19(22)24-16(6)26-28-18(21)14(4)12-10-8-2/h15-16H,3-4,7-12H2,1-2,5-6H3. The van der Waals surface area contributed by atoms with Crippen molar-refractivity contribution in [1.29, 1.82) is 0 Å². The van der Waals surface area contributed by atoms with E-state index >= 15 is 0 Å². The van der Waals surface area contributed by atoms with Crippen LogP contribution in [0.2, 0.25) is 0 Å². The molecule has 0 amide bonds. The van der Waals surface area contributed by atoms with Gasteiger partial charge in [-0.25, -0.2) is 14.4 Å². The van der Waals surface area contributed by atoms with Crippen LogP contribution >= 0.6 is 0 Å². The average Bonchev–Trinajstić information content (AvgIpc) is 2.65. The first-order valence-corrected chi connectivity index (χ1v) is 9.19. The first-order valence-electron chi connectivity index (χ1n) is 9.19. The maximum absolute atomic E-state index is 11.6. The number of unbranched alkanes of at least 4 members (excludes halogenated alkanes) is 2. The van der Waals surface area contributed by atoms with E-state index in [1.807, 2.05) is 13.8 Å². The Morgan fingerprint density at radius 3 is 1.43 bits per heavy atom. The molecule has 0 saturated carbocycles. The molecule has 0 bridgehead atoms. The fourth-order valence-corrected chi connectivity index (χ4v) is 1.66. The van der Waals surface area contributed by atoms with E-state index in [9.17, 15) is 14.4 Å². The molecule has 0 rings (SSSR count). The molecular formula is C19H30O9. The quantitative estimate of drug-likeness (QED) is 0.138. The number of carbonyl (C=O) groups excluding carboxylic acids is 3. The summed E-state index contributed by atoms with van der Waals surface area (Å²) in [5.41, 5.74) is 0.502. The zero-order valence-electron chi connectivity index (χ0n) is 17.0. The average molecular weight is 402 g/mol. The molecule has 0 aromatic heterocycles. The van der Waals surface area contributed by atoms with Crippen LogP contribution < -0.4 is 0 Å². The third-order valence-electron chi connectivity index (χ3n) is 3.28. The van der Waals surface area contributed by atoms with Gasteiger partial charge in [0.25, 0.3) is 0 Å². The zero-order chi connectivity index (χ0) is 21.5. The van der Waals surface area contributed by atoms with Crippen molar-refractivity contribution in [3.63, 3.8) is 0 Å². The topological polar surface area (TPSA) is 107 Å². The van der Waals surface area contributed by atoms with E-state index in [-0.39, 0.29) is 11.1 Å². The highest BCUT2D eigenvalue weighted by atomic mass is 17.2. The molecule has 0 radical (unpaired) electrons. The lowest BCUT2D eigenvalue weighted by Crippen LogP contribution is -2.25. The molecule has 0 fully saturated rings. The normalized spacial score (nSPS) is 12.4. The Balaban J connectivity index is 4.08. The van der Waals surface area contributed by atoms with E-state index in [4.69, 9.17) is 9.47 Å². The van der Waals surface area contributed by atoms with Gasteiger partial charge in [0.15, 0.2) is 0 Å². The number of hydrogen-bond acceptors (Lipinski definition) is 9. The fourth-order valence-electron chi connectivity index (χ4n) is 1.66. The van der Waals surface area contributed by atoms with Crippen molar-refractivity contribution in [1.82, 2.24) is 0 Å². The summed E-state index contributed by atoms with van der Waals surface area (Å²) in [5, 5.41) is 0. The van der Waals surface area contributed by atoms with E-state index in [1.165, 1.54) is 13.8 Å². The molecule has 28 heavy (non-hydrogen) atoms. The first-order chi connectivity index (χ1) is 13.2. The van der Waals surface area contributed by atoms with E-state index in [2.05, 4.69) is 32.7 Å². The number of ether oxygens (including phenoxy) is 2. The lowest BCUT2D eigenvalue weighted by Gasteiger charge is -2.15. The Morgan fingerprint density at radius 1 is 0.750 bits per heavy atom. The van der Waals surface area contributed by atoms with Gasteiger partial charge in [0.2, 0.25) is 12.6 Å². The SMILES string of the molecule is C=C(CCCC)C(=O)OOC(C)OC(=O)OC(C)OOC(=O)C(=C)CCCC. The molecule has 0 aromatic carbocycles. The Labute approximate surface area is 165 Å². The van der Waals surface area contributed by atoms with Crippen molar-refractivity contribution >= 4 is 18.1 Å². The molecule has 9 nitrogen and oxygen atoms in total. The van der Waals surface area contributed by atoms with Gasteiger partial charge in [0.05, 0.1) is 0 Å². The van der Waals surface area contributed by atoms with Crippen LogP contribution in [0.25, 0.3) is 0 Å². The van der Waals surface area contributed by atoms with Crippen LogP contribution in [-0.2, 0) is 38.6 Å². The number of rotatable bonds is 14. The first kappa shape index (κ1) is 25.6. The highest BCUT2D eigenvalue weighted by Crippen LogP contribution is 2.10. The molecule has 0 aliphatic heterocycles. The Bertz CT molecular complexity index is 496. The maximum atomic E-state index is 11.6. The second-order valence-corrected chi connectivity index (χ2v) is 5.97. The van der Waals surface area contributed by atoms with E-state index in [0.29, 0.717) is 12.8 Å². The predicted molar refractivity (Wildman–Crippen MR) is 98.2 cm³/mol.